The number of hydrogen-bond donors (Lipinski definition) is 3. The second-order valence-electron chi connectivity index (χ2n) is 34.4. The van der Waals surface area contributed by atoms with E-state index in [9.17, 15) is 101 Å². The minimum absolute atomic E-state index is 0.0897. The third-order valence-corrected chi connectivity index (χ3v) is 25.6. The van der Waals surface area contributed by atoms with E-state index >= 15 is 17.6 Å². The molecule has 2 fully saturated rings. The fraction of sp³-hybridized carbons (Fsp3) is 0.412. The largest absolute Gasteiger partial charge is 0.493 e. The molecule has 0 spiro atoms. The van der Waals surface area contributed by atoms with Crippen molar-refractivity contribution in [2.24, 2.45) is 21.1 Å². The van der Waals surface area contributed by atoms with E-state index in [4.69, 9.17) is 37.9 Å². The number of esters is 3. The average Bonchev–Trinajstić information content (AvgIpc) is 0.734. The lowest BCUT2D eigenvalue weighted by atomic mass is 9.90. The van der Waals surface area contributed by atoms with Crippen molar-refractivity contribution in [2.45, 2.75) is 154 Å². The molecule has 144 heavy (non-hydrogen) atoms. The van der Waals surface area contributed by atoms with Gasteiger partial charge >= 0.3 is 42.1 Å². The van der Waals surface area contributed by atoms with E-state index in [2.05, 4.69) is 25.6 Å². The number of methoxy groups -OCH3 is 3. The predicted molar refractivity (Wildman–Crippen MR) is 487 cm³/mol. The van der Waals surface area contributed by atoms with Crippen LogP contribution in [0.4, 0.5) is 87.3 Å². The second kappa shape index (κ2) is 43.8. The summed E-state index contributed by atoms with van der Waals surface area (Å²) in [7, 11) is 9.09. The van der Waals surface area contributed by atoms with Crippen LogP contribution in [0.1, 0.15) is 120 Å². The standard InChI is InChI=1S/C33H30F5N5O7.C33H35F5N4O6.C31H32F6N4O5/c1-41-25-15-39-8-7-20(25)30(45)43(32(41)47)24-6-5-17(19-4-3-10-50-28(19)24)12-23(31(46)48-2)40-29(44)27-21(34)13-18(14-22(27)35)42-9-11-49-16-26(42)33(36,37)38;1-17-18(2)40(3)31(44)28(39-17)22-9-8-19(21-7-6-11-48-29(21)22)13-25(32(45)46-5)41(4)30(43)27-23(34)14-20(15-24(27)35)42-10-12-47-16-26(42)33(36,37)38;1-6-22(31(35,36)37)39-20-13-19(32)24(26(34)25(20)33)28(42)40-21(30(44)45-5)12-16-9-10-18(27-17(16)8-7-11-46-27)23-14(2)38-15(3)41(4)29(23)43/h5-8,13-15,23,26H,3-4,9-12,16H2,1-2H3,(H,40,44);8-9,14-15,25-26H,6-7,10-13,16H2,1-5H3;9-10,13,21-22,39H,6-8,11-12H2,1-5H3,(H,40,42)/t23-,26+;25-,26+;21-,22+/m000/s1. The van der Waals surface area contributed by atoms with Gasteiger partial charge in [-0.1, -0.05) is 31.2 Å². The first-order valence-corrected chi connectivity index (χ1v) is 45.0. The van der Waals surface area contributed by atoms with Gasteiger partial charge in [0.15, 0.2) is 11.6 Å². The number of likely N-dealkylation sites (N-methyl/N-ethyl adjacent to an activating group) is 1. The van der Waals surface area contributed by atoms with Gasteiger partial charge in [0.1, 0.15) is 111 Å². The number of nitrogens with one attached hydrogen (secondary N) is 3. The van der Waals surface area contributed by atoms with Gasteiger partial charge in [0.25, 0.3) is 34.4 Å². The molecule has 4 aromatic heterocycles. The van der Waals surface area contributed by atoms with Crippen LogP contribution < -0.4 is 62.3 Å². The zero-order valence-corrected chi connectivity index (χ0v) is 79.4. The number of anilines is 3. The maximum atomic E-state index is 15.4. The number of pyridine rings is 1. The quantitative estimate of drug-likeness (QED) is 0.0232. The first-order valence-electron chi connectivity index (χ1n) is 45.0. The highest BCUT2D eigenvalue weighted by atomic mass is 19.4. The van der Waals surface area contributed by atoms with Crippen LogP contribution >= 0.6 is 0 Å². The van der Waals surface area contributed by atoms with Gasteiger partial charge in [0.05, 0.1) is 113 Å². The van der Waals surface area contributed by atoms with Gasteiger partial charge in [0.2, 0.25) is 0 Å². The number of nitrogens with zero attached hydrogens (tertiary/aromatic N) is 10. The van der Waals surface area contributed by atoms with Gasteiger partial charge in [-0.15, -0.1) is 0 Å². The number of carbonyl (C=O) groups excluding carboxylic acids is 6. The molecular formula is C97H97F16N13O18. The number of benzene rings is 6. The first kappa shape index (κ1) is 107. The van der Waals surface area contributed by atoms with Crippen LogP contribution in [-0.2, 0) is 97.7 Å². The van der Waals surface area contributed by atoms with Gasteiger partial charge in [-0.2, -0.15) is 39.5 Å². The third-order valence-electron chi connectivity index (χ3n) is 25.6. The van der Waals surface area contributed by atoms with E-state index in [1.807, 2.05) is 0 Å². The van der Waals surface area contributed by atoms with Crippen LogP contribution in [0.25, 0.3) is 39.0 Å². The highest BCUT2D eigenvalue weighted by molar-refractivity contribution is 6.00. The molecule has 5 aliphatic heterocycles. The summed E-state index contributed by atoms with van der Waals surface area (Å²) in [6, 6.07) is 2.91. The summed E-state index contributed by atoms with van der Waals surface area (Å²) >= 11 is 0. The molecule has 0 radical (unpaired) electrons. The number of alkyl halides is 9. The summed E-state index contributed by atoms with van der Waals surface area (Å²) in [5, 5.41) is 6.40. The van der Waals surface area contributed by atoms with Crippen molar-refractivity contribution in [3.8, 4) is 45.3 Å². The fourth-order valence-electron chi connectivity index (χ4n) is 17.8. The Labute approximate surface area is 809 Å². The molecule has 2 saturated heterocycles. The van der Waals surface area contributed by atoms with Gasteiger partial charge in [-0.25, -0.2) is 64.4 Å². The van der Waals surface area contributed by atoms with E-state index in [-0.39, 0.29) is 91.9 Å². The summed E-state index contributed by atoms with van der Waals surface area (Å²) in [6.07, 6.45) is -9.56. The number of aryl methyl sites for hydroxylation is 4. The minimum atomic E-state index is -4.84. The van der Waals surface area contributed by atoms with Crippen LogP contribution in [-0.4, -0.2) is 216 Å². The molecule has 5 aliphatic rings. The highest BCUT2D eigenvalue weighted by Crippen LogP contribution is 2.44. The Bertz CT molecular complexity index is 6900. The Kier molecular flexibility index (Phi) is 32.5. The SMILES string of the molecule is CC[C@@H](Nc1cc(F)c(C(=O)N[C@@H](Cc2ccc(-c3c(C)nc(C)n(C)c3=O)c3c2CCCO3)C(=O)OC)c(F)c1F)C(F)(F)F.COC(=O)[C@H](Cc1ccc(-c2nc(C)c(C)n(C)c2=O)c2c1CCCO2)N(C)C(=O)c1c(F)cc(N2CCOC[C@@H]2C(F)(F)F)cc1F.COC(=O)[C@H](Cc1ccc(-n2c(=O)c3ccncc3n(C)c2=O)c2c1CCCO2)NC(=O)c1c(F)cc(N2CCOC[C@@H]2C(F)(F)F)cc1F. The summed E-state index contributed by atoms with van der Waals surface area (Å²) in [5.74, 6) is -16.7. The molecule has 6 atom stereocenters. The van der Waals surface area contributed by atoms with Crippen molar-refractivity contribution in [1.82, 2.24) is 48.8 Å². The number of morpholine rings is 2. The molecule has 10 aromatic rings. The molecule has 47 heteroatoms. The summed E-state index contributed by atoms with van der Waals surface area (Å²) < 4.78 is 275. The Balaban J connectivity index is 0.000000181. The predicted octanol–water partition coefficient (Wildman–Crippen LogP) is 12.3. The molecule has 9 heterocycles. The van der Waals surface area contributed by atoms with E-state index in [0.29, 0.717) is 166 Å². The first-order chi connectivity index (χ1) is 68.1. The highest BCUT2D eigenvalue weighted by Gasteiger charge is 2.49. The van der Waals surface area contributed by atoms with E-state index in [0.717, 1.165) is 47.5 Å². The third kappa shape index (κ3) is 22.0. The molecule has 15 rings (SSSR count). The molecule has 31 nitrogen and oxygen atoms in total. The zero-order valence-electron chi connectivity index (χ0n) is 79.4. The maximum Gasteiger partial charge on any atom is 0.411 e. The topological polar surface area (TPSA) is 349 Å². The molecule has 3 amide bonds. The lowest BCUT2D eigenvalue weighted by Gasteiger charge is -2.38. The fourth-order valence-corrected chi connectivity index (χ4v) is 17.8. The molecule has 6 aromatic carbocycles. The van der Waals surface area contributed by atoms with Crippen LogP contribution in [0.15, 0.2) is 104 Å². The normalized spacial score (nSPS) is 16.0. The maximum absolute atomic E-state index is 15.4. The molecule has 770 valence electrons. The second-order valence-corrected chi connectivity index (χ2v) is 34.4. The minimum Gasteiger partial charge on any atom is -0.493 e. The van der Waals surface area contributed by atoms with E-state index in [1.54, 1.807) is 77.4 Å². The number of rotatable bonds is 23. The Morgan fingerprint density at radius 2 is 1.00 bits per heavy atom. The number of halogens is 16. The van der Waals surface area contributed by atoms with Crippen LogP contribution in [0, 0.1) is 68.4 Å². The van der Waals surface area contributed by atoms with Gasteiger partial charge in [-0.3, -0.25) is 42.9 Å². The zero-order chi connectivity index (χ0) is 105. The van der Waals surface area contributed by atoms with Crippen LogP contribution in [0.2, 0.25) is 0 Å². The van der Waals surface area contributed by atoms with Crippen LogP contribution in [0.3, 0.4) is 0 Å². The number of aromatic nitrogens is 7. The van der Waals surface area contributed by atoms with Crippen molar-refractivity contribution >= 4 is 63.6 Å². The van der Waals surface area contributed by atoms with Crippen molar-refractivity contribution in [1.29, 1.82) is 0 Å². The lowest BCUT2D eigenvalue weighted by molar-refractivity contribution is -0.167. The average molecular weight is 2040 g/mol. The number of amides is 3. The number of hydrogen-bond acceptors (Lipinski definition) is 24. The smallest absolute Gasteiger partial charge is 0.411 e. The summed E-state index contributed by atoms with van der Waals surface area (Å²) in [5.41, 5.74) is -0.272. The van der Waals surface area contributed by atoms with Gasteiger partial charge in [0, 0.05) is 101 Å². The van der Waals surface area contributed by atoms with Crippen molar-refractivity contribution in [3.63, 3.8) is 0 Å². The van der Waals surface area contributed by atoms with E-state index < -0.39 is 196 Å². The Morgan fingerprint density at radius 3 is 1.51 bits per heavy atom. The van der Waals surface area contributed by atoms with E-state index in [1.165, 1.54) is 52.3 Å². The van der Waals surface area contributed by atoms with Crippen molar-refractivity contribution < 1.29 is 137 Å². The summed E-state index contributed by atoms with van der Waals surface area (Å²) in [6.45, 7) is 6.85. The summed E-state index contributed by atoms with van der Waals surface area (Å²) in [4.78, 5) is 147. The molecule has 3 N–H and O–H groups in total. The number of ether oxygens (including phenoxy) is 8. The number of carbonyl (C=O) groups is 6. The van der Waals surface area contributed by atoms with Gasteiger partial charge in [-0.05, 0) is 148 Å². The Hall–Kier alpha value is -14.4. The molecule has 0 aliphatic carbocycles. The Morgan fingerprint density at radius 1 is 0.528 bits per heavy atom. The van der Waals surface area contributed by atoms with Gasteiger partial charge < -0.3 is 73.1 Å². The molecule has 0 unspecified atom stereocenters. The van der Waals surface area contributed by atoms with Crippen LogP contribution in [0.5, 0.6) is 17.2 Å². The van der Waals surface area contributed by atoms with Crippen molar-refractivity contribution in [2.75, 3.05) is 103 Å². The molecule has 0 saturated carbocycles. The van der Waals surface area contributed by atoms with Crippen molar-refractivity contribution in [3.05, 3.63) is 240 Å². The lowest BCUT2D eigenvalue weighted by Crippen LogP contribution is -2.53. The molecule has 0 bridgehead atoms. The molecular weight excluding hydrogens is 1940 g/mol. The monoisotopic (exact) mass is 2040 g/mol. The number of fused-ring (bicyclic) bond motifs is 4.